The van der Waals surface area contributed by atoms with E-state index >= 15 is 0 Å². The Morgan fingerprint density at radius 1 is 1.16 bits per heavy atom. The molecule has 0 aromatic heterocycles. The minimum atomic E-state index is -0.522. The number of rotatable bonds is 12. The van der Waals surface area contributed by atoms with Crippen molar-refractivity contribution in [1.29, 1.82) is 0 Å². The number of nitro groups is 1. The summed E-state index contributed by atoms with van der Waals surface area (Å²) in [5, 5.41) is 14.7. The number of halogens is 1. The van der Waals surface area contributed by atoms with E-state index in [2.05, 4.69) is 33.4 Å². The molecule has 0 aliphatic rings. The Labute approximate surface area is 189 Å². The molecule has 0 heterocycles. The fraction of sp³-hybridized carbons (Fsp3) is 0.364. The van der Waals surface area contributed by atoms with Crippen molar-refractivity contribution < 1.29 is 19.2 Å². The summed E-state index contributed by atoms with van der Waals surface area (Å²) >= 11 is 3.52. The third kappa shape index (κ3) is 7.67. The Kier molecular flexibility index (Phi) is 9.96. The fourth-order valence-electron chi connectivity index (χ4n) is 2.73. The molecule has 0 unspecified atom stereocenters. The number of nitro benzene ring substituents is 1. The SMILES string of the molecule is CCCCCCOc1c(Br)cc(/C=N/NC(=O)c2ccc([N+](=O)[O-])cc2)cc1OCC. The number of amides is 1. The van der Waals surface area contributed by atoms with E-state index in [1.165, 1.54) is 43.3 Å². The Bertz CT molecular complexity index is 916. The van der Waals surface area contributed by atoms with E-state index in [-0.39, 0.29) is 11.3 Å². The van der Waals surface area contributed by atoms with Gasteiger partial charge < -0.3 is 9.47 Å². The van der Waals surface area contributed by atoms with Crippen molar-refractivity contribution in [2.75, 3.05) is 13.2 Å². The van der Waals surface area contributed by atoms with Crippen molar-refractivity contribution in [1.82, 2.24) is 5.43 Å². The van der Waals surface area contributed by atoms with Gasteiger partial charge in [-0.3, -0.25) is 14.9 Å². The molecule has 0 aliphatic heterocycles. The van der Waals surface area contributed by atoms with Crippen LogP contribution in [0.1, 0.15) is 55.5 Å². The number of unbranched alkanes of at least 4 members (excludes halogenated alkanes) is 3. The summed E-state index contributed by atoms with van der Waals surface area (Å²) in [5.41, 5.74) is 3.30. The molecule has 9 heteroatoms. The molecule has 0 atom stereocenters. The van der Waals surface area contributed by atoms with Gasteiger partial charge in [0.15, 0.2) is 11.5 Å². The summed E-state index contributed by atoms with van der Waals surface area (Å²) in [7, 11) is 0. The van der Waals surface area contributed by atoms with Crippen LogP contribution in [0.5, 0.6) is 11.5 Å². The fourth-order valence-corrected chi connectivity index (χ4v) is 3.31. The minimum Gasteiger partial charge on any atom is -0.490 e. The average molecular weight is 492 g/mol. The molecule has 8 nitrogen and oxygen atoms in total. The van der Waals surface area contributed by atoms with Gasteiger partial charge in [0.25, 0.3) is 11.6 Å². The molecule has 2 aromatic carbocycles. The van der Waals surface area contributed by atoms with Gasteiger partial charge in [-0.1, -0.05) is 26.2 Å². The number of non-ortho nitro benzene ring substituents is 1. The van der Waals surface area contributed by atoms with Crippen molar-refractivity contribution in [3.8, 4) is 11.5 Å². The quantitative estimate of drug-likeness (QED) is 0.183. The van der Waals surface area contributed by atoms with Gasteiger partial charge in [-0.2, -0.15) is 5.10 Å². The van der Waals surface area contributed by atoms with E-state index in [0.29, 0.717) is 30.3 Å². The highest BCUT2D eigenvalue weighted by atomic mass is 79.9. The van der Waals surface area contributed by atoms with Crippen LogP contribution >= 0.6 is 15.9 Å². The molecule has 0 spiro atoms. The molecule has 0 saturated carbocycles. The molecule has 0 aliphatic carbocycles. The maximum absolute atomic E-state index is 12.2. The predicted octanol–water partition coefficient (Wildman–Crippen LogP) is 5.48. The normalized spacial score (nSPS) is 10.8. The monoisotopic (exact) mass is 491 g/mol. The Morgan fingerprint density at radius 3 is 2.55 bits per heavy atom. The van der Waals surface area contributed by atoms with Gasteiger partial charge >= 0.3 is 0 Å². The maximum Gasteiger partial charge on any atom is 0.271 e. The second-order valence-corrected chi connectivity index (χ2v) is 7.53. The number of hydrazone groups is 1. The van der Waals surface area contributed by atoms with Gasteiger partial charge in [-0.05, 0) is 59.1 Å². The van der Waals surface area contributed by atoms with E-state index < -0.39 is 10.8 Å². The molecule has 2 aromatic rings. The van der Waals surface area contributed by atoms with Crippen LogP contribution < -0.4 is 14.9 Å². The molecular formula is C22H26BrN3O5. The van der Waals surface area contributed by atoms with Crippen LogP contribution in [0.15, 0.2) is 46.0 Å². The lowest BCUT2D eigenvalue weighted by Gasteiger charge is -2.14. The Morgan fingerprint density at radius 2 is 1.90 bits per heavy atom. The summed E-state index contributed by atoms with van der Waals surface area (Å²) < 4.78 is 12.4. The molecule has 0 bridgehead atoms. The molecule has 1 amide bonds. The van der Waals surface area contributed by atoms with E-state index in [4.69, 9.17) is 9.47 Å². The summed E-state index contributed by atoms with van der Waals surface area (Å²) in [4.78, 5) is 22.3. The van der Waals surface area contributed by atoms with Crippen molar-refractivity contribution in [2.45, 2.75) is 39.5 Å². The van der Waals surface area contributed by atoms with E-state index in [0.717, 1.165) is 17.3 Å². The lowest BCUT2D eigenvalue weighted by molar-refractivity contribution is -0.384. The number of hydrogen-bond acceptors (Lipinski definition) is 6. The zero-order valence-electron chi connectivity index (χ0n) is 17.6. The minimum absolute atomic E-state index is 0.0824. The van der Waals surface area contributed by atoms with E-state index in [9.17, 15) is 14.9 Å². The second-order valence-electron chi connectivity index (χ2n) is 6.68. The van der Waals surface area contributed by atoms with Crippen molar-refractivity contribution in [3.63, 3.8) is 0 Å². The van der Waals surface area contributed by atoms with Crippen molar-refractivity contribution >= 4 is 33.7 Å². The zero-order chi connectivity index (χ0) is 22.6. The van der Waals surface area contributed by atoms with Gasteiger partial charge in [0.05, 0.1) is 28.8 Å². The first-order valence-corrected chi connectivity index (χ1v) is 10.9. The first-order chi connectivity index (χ1) is 15.0. The number of hydrogen-bond donors (Lipinski definition) is 1. The van der Waals surface area contributed by atoms with Crippen LogP contribution in [0.25, 0.3) is 0 Å². The second kappa shape index (κ2) is 12.7. The van der Waals surface area contributed by atoms with Gasteiger partial charge in [-0.15, -0.1) is 0 Å². The number of carbonyl (C=O) groups is 1. The molecule has 166 valence electrons. The lowest BCUT2D eigenvalue weighted by Crippen LogP contribution is -2.17. The van der Waals surface area contributed by atoms with Crippen molar-refractivity contribution in [2.24, 2.45) is 5.10 Å². The predicted molar refractivity (Wildman–Crippen MR) is 123 cm³/mol. The van der Waals surface area contributed by atoms with Crippen LogP contribution in [-0.4, -0.2) is 30.3 Å². The molecule has 31 heavy (non-hydrogen) atoms. The molecular weight excluding hydrogens is 466 g/mol. The topological polar surface area (TPSA) is 103 Å². The van der Waals surface area contributed by atoms with Crippen LogP contribution in [0.3, 0.4) is 0 Å². The number of nitrogens with one attached hydrogen (secondary N) is 1. The maximum atomic E-state index is 12.2. The number of nitrogens with zero attached hydrogens (tertiary/aromatic N) is 2. The average Bonchev–Trinajstić information content (AvgIpc) is 2.75. The number of carbonyl (C=O) groups excluding carboxylic acids is 1. The molecule has 0 radical (unpaired) electrons. The third-order valence-corrected chi connectivity index (χ3v) is 4.89. The highest BCUT2D eigenvalue weighted by molar-refractivity contribution is 9.10. The van der Waals surface area contributed by atoms with Crippen LogP contribution in [0.2, 0.25) is 0 Å². The van der Waals surface area contributed by atoms with Crippen molar-refractivity contribution in [3.05, 3.63) is 62.1 Å². The smallest absolute Gasteiger partial charge is 0.271 e. The van der Waals surface area contributed by atoms with E-state index in [1.54, 1.807) is 6.07 Å². The molecule has 0 saturated heterocycles. The standard InChI is InChI=1S/C22H26BrN3O5/c1-3-5-6-7-12-31-21-19(23)13-16(14-20(21)30-4-2)15-24-25-22(27)17-8-10-18(11-9-17)26(28)29/h8-11,13-15H,3-7,12H2,1-2H3,(H,25,27)/b24-15+. The molecule has 2 rings (SSSR count). The summed E-state index contributed by atoms with van der Waals surface area (Å²) in [6.07, 6.45) is 5.94. The first-order valence-electron chi connectivity index (χ1n) is 10.1. The highest BCUT2D eigenvalue weighted by Gasteiger charge is 2.12. The van der Waals surface area contributed by atoms with Crippen LogP contribution in [0, 0.1) is 10.1 Å². The lowest BCUT2D eigenvalue weighted by atomic mass is 10.2. The van der Waals surface area contributed by atoms with Gasteiger partial charge in [0, 0.05) is 17.7 Å². The number of benzene rings is 2. The Hall–Kier alpha value is -2.94. The first kappa shape index (κ1) is 24.3. The summed E-state index contributed by atoms with van der Waals surface area (Å²) in [6, 6.07) is 8.90. The zero-order valence-corrected chi connectivity index (χ0v) is 19.2. The highest BCUT2D eigenvalue weighted by Crippen LogP contribution is 2.36. The van der Waals surface area contributed by atoms with Crippen LogP contribution in [-0.2, 0) is 0 Å². The number of ether oxygens (including phenoxy) is 2. The largest absolute Gasteiger partial charge is 0.490 e. The summed E-state index contributed by atoms with van der Waals surface area (Å²) in [5.74, 6) is 0.767. The molecule has 1 N–H and O–H groups in total. The van der Waals surface area contributed by atoms with Gasteiger partial charge in [0.2, 0.25) is 0 Å². The molecule has 0 fully saturated rings. The third-order valence-electron chi connectivity index (χ3n) is 4.30. The van der Waals surface area contributed by atoms with Gasteiger partial charge in [0.1, 0.15) is 0 Å². The van der Waals surface area contributed by atoms with Crippen LogP contribution in [0.4, 0.5) is 5.69 Å². The summed E-state index contributed by atoms with van der Waals surface area (Å²) in [6.45, 7) is 5.15. The van der Waals surface area contributed by atoms with E-state index in [1.807, 2.05) is 13.0 Å². The Balaban J connectivity index is 2.03. The van der Waals surface area contributed by atoms with Gasteiger partial charge in [-0.25, -0.2) is 5.43 Å².